The van der Waals surface area contributed by atoms with E-state index in [0.29, 0.717) is 6.07 Å². The van der Waals surface area contributed by atoms with E-state index in [1.165, 1.54) is 36.4 Å². The molecule has 0 atom stereocenters. The number of nitro benzene ring substituents is 1. The Morgan fingerprint density at radius 3 is 2.59 bits per heavy atom. The minimum atomic E-state index is -4.57. The van der Waals surface area contributed by atoms with E-state index >= 15 is 0 Å². The van der Waals surface area contributed by atoms with Crippen LogP contribution in [0.4, 0.5) is 18.9 Å². The number of halogens is 3. The molecular formula is C19H12F3N3O4. The average molecular weight is 403 g/mol. The van der Waals surface area contributed by atoms with Gasteiger partial charge in [0, 0.05) is 11.6 Å². The number of amides is 1. The number of alkyl halides is 3. The second kappa shape index (κ2) is 7.97. The van der Waals surface area contributed by atoms with E-state index in [-0.39, 0.29) is 28.3 Å². The molecule has 0 unspecified atom stereocenters. The second-order valence-electron chi connectivity index (χ2n) is 5.75. The van der Waals surface area contributed by atoms with Crippen molar-refractivity contribution in [2.45, 2.75) is 6.18 Å². The van der Waals surface area contributed by atoms with Crippen LogP contribution in [-0.2, 0) is 6.18 Å². The number of benzene rings is 2. The van der Waals surface area contributed by atoms with Gasteiger partial charge >= 0.3 is 6.18 Å². The molecule has 0 fully saturated rings. The first-order chi connectivity index (χ1) is 13.8. The van der Waals surface area contributed by atoms with E-state index in [1.54, 1.807) is 6.07 Å². The zero-order valence-corrected chi connectivity index (χ0v) is 14.5. The average Bonchev–Trinajstić information content (AvgIpc) is 3.16. The van der Waals surface area contributed by atoms with Crippen molar-refractivity contribution < 1.29 is 27.3 Å². The standard InChI is InChI=1S/C19H12F3N3O4/c20-19(21,22)13-5-3-4-12(10-13)18(26)24-23-11-14-8-9-17(29-14)15-6-1-2-7-16(15)25(27)28/h1-11H,(H,24,26)/b23-11+. The summed E-state index contributed by atoms with van der Waals surface area (Å²) in [5.41, 5.74) is 1.07. The summed E-state index contributed by atoms with van der Waals surface area (Å²) in [7, 11) is 0. The quantitative estimate of drug-likeness (QED) is 0.381. The van der Waals surface area contributed by atoms with Crippen molar-refractivity contribution >= 4 is 17.8 Å². The third kappa shape index (κ3) is 4.67. The smallest absolute Gasteiger partial charge is 0.416 e. The molecule has 3 rings (SSSR count). The van der Waals surface area contributed by atoms with Crippen LogP contribution in [0.3, 0.4) is 0 Å². The fourth-order valence-electron chi connectivity index (χ4n) is 2.46. The highest BCUT2D eigenvalue weighted by molar-refractivity contribution is 5.95. The summed E-state index contributed by atoms with van der Waals surface area (Å²) in [5, 5.41) is 14.7. The van der Waals surface area contributed by atoms with Gasteiger partial charge in [-0.15, -0.1) is 0 Å². The van der Waals surface area contributed by atoms with Crippen LogP contribution in [0.5, 0.6) is 0 Å². The van der Waals surface area contributed by atoms with Crippen molar-refractivity contribution in [2.75, 3.05) is 0 Å². The van der Waals surface area contributed by atoms with E-state index in [1.807, 2.05) is 0 Å². The Kier molecular flexibility index (Phi) is 5.44. The number of nitrogens with zero attached hydrogens (tertiary/aromatic N) is 2. The van der Waals surface area contributed by atoms with E-state index < -0.39 is 22.6 Å². The van der Waals surface area contributed by atoms with Crippen LogP contribution in [0, 0.1) is 10.1 Å². The van der Waals surface area contributed by atoms with Gasteiger partial charge in [-0.1, -0.05) is 18.2 Å². The zero-order chi connectivity index (χ0) is 21.0. The molecule has 1 heterocycles. The maximum Gasteiger partial charge on any atom is 0.416 e. The van der Waals surface area contributed by atoms with Crippen LogP contribution in [0.15, 0.2) is 70.2 Å². The number of hydrogen-bond acceptors (Lipinski definition) is 5. The van der Waals surface area contributed by atoms with Crippen molar-refractivity contribution in [2.24, 2.45) is 5.10 Å². The second-order valence-corrected chi connectivity index (χ2v) is 5.75. The first-order valence-corrected chi connectivity index (χ1v) is 8.10. The topological polar surface area (TPSA) is 97.7 Å². The molecule has 29 heavy (non-hydrogen) atoms. The Morgan fingerprint density at radius 1 is 1.10 bits per heavy atom. The van der Waals surface area contributed by atoms with Crippen LogP contribution in [-0.4, -0.2) is 17.0 Å². The molecule has 0 bridgehead atoms. The minimum absolute atomic E-state index is 0.136. The lowest BCUT2D eigenvalue weighted by Gasteiger charge is -2.07. The van der Waals surface area contributed by atoms with Crippen molar-refractivity contribution in [3.05, 3.63) is 87.7 Å². The SMILES string of the molecule is O=C(N/N=C/c1ccc(-c2ccccc2[N+](=O)[O-])o1)c1cccc(C(F)(F)F)c1. The molecule has 3 aromatic rings. The predicted molar refractivity (Wildman–Crippen MR) is 97.3 cm³/mol. The van der Waals surface area contributed by atoms with Crippen molar-refractivity contribution in [1.82, 2.24) is 5.43 Å². The molecule has 0 saturated carbocycles. The Labute approximate surface area is 161 Å². The summed E-state index contributed by atoms with van der Waals surface area (Å²) in [6, 6.07) is 12.9. The highest BCUT2D eigenvalue weighted by Gasteiger charge is 2.30. The largest absolute Gasteiger partial charge is 0.455 e. The molecule has 2 aromatic carbocycles. The lowest BCUT2D eigenvalue weighted by Crippen LogP contribution is -2.18. The van der Waals surface area contributed by atoms with Gasteiger partial charge in [-0.2, -0.15) is 18.3 Å². The number of carbonyl (C=O) groups is 1. The molecule has 0 aliphatic heterocycles. The molecule has 10 heteroatoms. The maximum absolute atomic E-state index is 12.7. The molecule has 0 aliphatic carbocycles. The van der Waals surface area contributed by atoms with Gasteiger partial charge in [0.25, 0.3) is 11.6 Å². The lowest BCUT2D eigenvalue weighted by molar-refractivity contribution is -0.384. The highest BCUT2D eigenvalue weighted by atomic mass is 19.4. The molecule has 1 N–H and O–H groups in total. The number of furan rings is 1. The molecule has 0 aliphatic rings. The number of nitrogens with one attached hydrogen (secondary N) is 1. The van der Waals surface area contributed by atoms with E-state index in [2.05, 4.69) is 10.5 Å². The Bertz CT molecular complexity index is 1090. The molecule has 148 valence electrons. The van der Waals surface area contributed by atoms with Gasteiger partial charge in [-0.05, 0) is 36.4 Å². The summed E-state index contributed by atoms with van der Waals surface area (Å²) in [4.78, 5) is 22.5. The molecule has 0 spiro atoms. The zero-order valence-electron chi connectivity index (χ0n) is 14.5. The lowest BCUT2D eigenvalue weighted by atomic mass is 10.1. The highest BCUT2D eigenvalue weighted by Crippen LogP contribution is 2.31. The summed E-state index contributed by atoms with van der Waals surface area (Å²) < 4.78 is 43.6. The summed E-state index contributed by atoms with van der Waals surface area (Å²) >= 11 is 0. The van der Waals surface area contributed by atoms with Crippen LogP contribution < -0.4 is 5.43 Å². The first kappa shape index (κ1) is 19.8. The molecule has 0 radical (unpaired) electrons. The Balaban J connectivity index is 1.71. The van der Waals surface area contributed by atoms with Crippen LogP contribution >= 0.6 is 0 Å². The summed E-state index contributed by atoms with van der Waals surface area (Å²) in [5.74, 6) is -0.428. The number of nitro groups is 1. The predicted octanol–water partition coefficient (Wildman–Crippen LogP) is 4.64. The minimum Gasteiger partial charge on any atom is -0.455 e. The fourth-order valence-corrected chi connectivity index (χ4v) is 2.46. The summed E-state index contributed by atoms with van der Waals surface area (Å²) in [6.07, 6.45) is -3.44. The molecule has 1 aromatic heterocycles. The first-order valence-electron chi connectivity index (χ1n) is 8.10. The van der Waals surface area contributed by atoms with Gasteiger partial charge in [-0.3, -0.25) is 14.9 Å². The van der Waals surface area contributed by atoms with Gasteiger partial charge in [0.1, 0.15) is 11.5 Å². The van der Waals surface area contributed by atoms with Crippen molar-refractivity contribution in [1.29, 1.82) is 0 Å². The van der Waals surface area contributed by atoms with Gasteiger partial charge in [0.05, 0.1) is 22.3 Å². The number of rotatable bonds is 5. The van der Waals surface area contributed by atoms with Gasteiger partial charge < -0.3 is 4.42 Å². The van der Waals surface area contributed by atoms with Crippen molar-refractivity contribution in [3.8, 4) is 11.3 Å². The molecule has 1 amide bonds. The third-order valence-electron chi connectivity index (χ3n) is 3.80. The monoisotopic (exact) mass is 403 g/mol. The normalized spacial score (nSPS) is 11.6. The fraction of sp³-hybridized carbons (Fsp3) is 0.0526. The number of hydrazone groups is 1. The van der Waals surface area contributed by atoms with Crippen LogP contribution in [0.25, 0.3) is 11.3 Å². The van der Waals surface area contributed by atoms with E-state index in [0.717, 1.165) is 18.3 Å². The van der Waals surface area contributed by atoms with Crippen LogP contribution in [0.2, 0.25) is 0 Å². The number of hydrogen-bond donors (Lipinski definition) is 1. The third-order valence-corrected chi connectivity index (χ3v) is 3.80. The Morgan fingerprint density at radius 2 is 1.86 bits per heavy atom. The van der Waals surface area contributed by atoms with Gasteiger partial charge in [0.15, 0.2) is 0 Å². The molecule has 0 saturated heterocycles. The van der Waals surface area contributed by atoms with Crippen LogP contribution in [0.1, 0.15) is 21.7 Å². The van der Waals surface area contributed by atoms with E-state index in [4.69, 9.17) is 4.42 Å². The molecule has 7 nitrogen and oxygen atoms in total. The number of para-hydroxylation sites is 1. The van der Waals surface area contributed by atoms with E-state index in [9.17, 15) is 28.1 Å². The summed E-state index contributed by atoms with van der Waals surface area (Å²) in [6.45, 7) is 0. The van der Waals surface area contributed by atoms with Crippen molar-refractivity contribution in [3.63, 3.8) is 0 Å². The van der Waals surface area contributed by atoms with Gasteiger partial charge in [-0.25, -0.2) is 5.43 Å². The maximum atomic E-state index is 12.7. The number of carbonyl (C=O) groups excluding carboxylic acids is 1. The van der Waals surface area contributed by atoms with Gasteiger partial charge in [0.2, 0.25) is 0 Å². The molecular weight excluding hydrogens is 391 g/mol. The Hall–Kier alpha value is -3.95.